The molecule has 2 amide bonds. The zero-order valence-corrected chi connectivity index (χ0v) is 12.9. The summed E-state index contributed by atoms with van der Waals surface area (Å²) in [5.41, 5.74) is 0.561. The van der Waals surface area contributed by atoms with Crippen LogP contribution in [-0.4, -0.2) is 20.7 Å². The highest BCUT2D eigenvalue weighted by molar-refractivity contribution is 7.98. The third-order valence-corrected chi connectivity index (χ3v) is 4.78. The van der Waals surface area contributed by atoms with Crippen molar-refractivity contribution in [3.8, 4) is 0 Å². The van der Waals surface area contributed by atoms with E-state index in [1.54, 1.807) is 30.3 Å². The normalized spacial score (nSPS) is 10.9. The first-order valence-corrected chi connectivity index (χ1v) is 8.75. The van der Waals surface area contributed by atoms with Crippen LogP contribution in [0.5, 0.6) is 0 Å². The summed E-state index contributed by atoms with van der Waals surface area (Å²) in [6.07, 6.45) is 1.87. The number of thioether (sulfide) groups is 1. The molecule has 0 saturated heterocycles. The van der Waals surface area contributed by atoms with Crippen molar-refractivity contribution < 1.29 is 13.2 Å². The third kappa shape index (κ3) is 3.99. The molecule has 0 aliphatic rings. The van der Waals surface area contributed by atoms with Gasteiger partial charge >= 0.3 is 6.03 Å². The SMILES string of the molecule is CSc1ccccc1NC(=O)NS(=O)(=O)c1ccccc1. The number of carbonyl (C=O) groups excluding carboxylic acids is 1. The number of hydrogen-bond acceptors (Lipinski definition) is 4. The molecule has 21 heavy (non-hydrogen) atoms. The van der Waals surface area contributed by atoms with Crippen LogP contribution in [-0.2, 0) is 10.0 Å². The minimum absolute atomic E-state index is 0.0401. The van der Waals surface area contributed by atoms with Gasteiger partial charge in [-0.3, -0.25) is 0 Å². The average molecular weight is 322 g/mol. The molecule has 110 valence electrons. The van der Waals surface area contributed by atoms with Gasteiger partial charge in [0.15, 0.2) is 0 Å². The predicted octanol–water partition coefficient (Wildman–Crippen LogP) is 2.92. The molecular formula is C14H14N2O3S2. The molecule has 7 heteroatoms. The van der Waals surface area contributed by atoms with E-state index in [4.69, 9.17) is 0 Å². The molecule has 2 aromatic carbocycles. The Balaban J connectivity index is 2.12. The molecule has 0 fully saturated rings. The van der Waals surface area contributed by atoms with Gasteiger partial charge in [-0.2, -0.15) is 0 Å². The van der Waals surface area contributed by atoms with Crippen molar-refractivity contribution in [3.63, 3.8) is 0 Å². The van der Waals surface area contributed by atoms with Crippen LogP contribution in [0.1, 0.15) is 0 Å². The van der Waals surface area contributed by atoms with Crippen LogP contribution < -0.4 is 10.0 Å². The summed E-state index contributed by atoms with van der Waals surface area (Å²) in [5, 5.41) is 2.54. The van der Waals surface area contributed by atoms with Crippen molar-refractivity contribution in [2.24, 2.45) is 0 Å². The fourth-order valence-electron chi connectivity index (χ4n) is 1.68. The van der Waals surface area contributed by atoms with Gasteiger partial charge in [0.1, 0.15) is 0 Å². The van der Waals surface area contributed by atoms with E-state index in [-0.39, 0.29) is 4.90 Å². The van der Waals surface area contributed by atoms with Crippen LogP contribution in [0.15, 0.2) is 64.4 Å². The Morgan fingerprint density at radius 2 is 1.62 bits per heavy atom. The second-order valence-corrected chi connectivity index (χ2v) is 6.60. The zero-order chi connectivity index (χ0) is 15.3. The lowest BCUT2D eigenvalue weighted by molar-refractivity contribution is 0.256. The molecule has 0 aliphatic heterocycles. The first-order valence-electron chi connectivity index (χ1n) is 6.05. The summed E-state index contributed by atoms with van der Waals surface area (Å²) < 4.78 is 26.0. The molecule has 2 rings (SSSR count). The quantitative estimate of drug-likeness (QED) is 0.849. The lowest BCUT2D eigenvalue weighted by Crippen LogP contribution is -2.34. The highest BCUT2D eigenvalue weighted by Gasteiger charge is 2.17. The fourth-order valence-corrected chi connectivity index (χ4v) is 3.16. The van der Waals surface area contributed by atoms with Crippen molar-refractivity contribution in [3.05, 3.63) is 54.6 Å². The Morgan fingerprint density at radius 1 is 1.00 bits per heavy atom. The number of rotatable bonds is 4. The van der Waals surface area contributed by atoms with Gasteiger partial charge in [-0.05, 0) is 30.5 Å². The number of benzene rings is 2. The highest BCUT2D eigenvalue weighted by atomic mass is 32.2. The van der Waals surface area contributed by atoms with E-state index in [0.717, 1.165) is 4.90 Å². The number of para-hydroxylation sites is 1. The monoisotopic (exact) mass is 322 g/mol. The number of hydrogen-bond donors (Lipinski definition) is 2. The molecule has 0 saturated carbocycles. The van der Waals surface area contributed by atoms with E-state index in [9.17, 15) is 13.2 Å². The summed E-state index contributed by atoms with van der Waals surface area (Å²) >= 11 is 1.46. The van der Waals surface area contributed by atoms with Crippen molar-refractivity contribution in [1.29, 1.82) is 0 Å². The summed E-state index contributed by atoms with van der Waals surface area (Å²) in [6.45, 7) is 0. The lowest BCUT2D eigenvalue weighted by Gasteiger charge is -2.10. The maximum Gasteiger partial charge on any atom is 0.333 e. The van der Waals surface area contributed by atoms with Gasteiger partial charge in [0.25, 0.3) is 10.0 Å². The zero-order valence-electron chi connectivity index (χ0n) is 11.2. The van der Waals surface area contributed by atoms with Crippen LogP contribution in [0.2, 0.25) is 0 Å². The van der Waals surface area contributed by atoms with Crippen LogP contribution >= 0.6 is 11.8 Å². The van der Waals surface area contributed by atoms with E-state index in [0.29, 0.717) is 5.69 Å². The number of sulfonamides is 1. The number of carbonyl (C=O) groups is 1. The Labute approximate surface area is 127 Å². The Hall–Kier alpha value is -1.99. The average Bonchev–Trinajstić information content (AvgIpc) is 2.48. The van der Waals surface area contributed by atoms with Crippen molar-refractivity contribution in [1.82, 2.24) is 4.72 Å². The van der Waals surface area contributed by atoms with Gasteiger partial charge in [0, 0.05) is 4.90 Å². The topological polar surface area (TPSA) is 75.3 Å². The molecule has 0 bridgehead atoms. The molecule has 0 atom stereocenters. The second-order valence-electron chi connectivity index (χ2n) is 4.07. The molecule has 2 N–H and O–H groups in total. The molecular weight excluding hydrogens is 308 g/mol. The number of nitrogens with one attached hydrogen (secondary N) is 2. The summed E-state index contributed by atoms with van der Waals surface area (Å²) in [7, 11) is -3.87. The predicted molar refractivity (Wildman–Crippen MR) is 84.0 cm³/mol. The Kier molecular flexibility index (Phi) is 4.87. The second kappa shape index (κ2) is 6.64. The molecule has 0 unspecified atom stereocenters. The smallest absolute Gasteiger partial charge is 0.306 e. The summed E-state index contributed by atoms with van der Waals surface area (Å²) in [6, 6.07) is 14.1. The molecule has 0 heterocycles. The molecule has 0 spiro atoms. The Morgan fingerprint density at radius 3 is 2.29 bits per heavy atom. The maximum atomic E-state index is 12.0. The number of amides is 2. The van der Waals surface area contributed by atoms with Gasteiger partial charge in [-0.25, -0.2) is 17.9 Å². The number of anilines is 1. The van der Waals surface area contributed by atoms with Crippen molar-refractivity contribution >= 4 is 33.5 Å². The minimum Gasteiger partial charge on any atom is -0.306 e. The van der Waals surface area contributed by atoms with Gasteiger partial charge < -0.3 is 5.32 Å². The highest BCUT2D eigenvalue weighted by Crippen LogP contribution is 2.24. The van der Waals surface area contributed by atoms with E-state index >= 15 is 0 Å². The Bertz CT molecular complexity index is 731. The first-order chi connectivity index (χ1) is 10.0. The van der Waals surface area contributed by atoms with Gasteiger partial charge in [0.05, 0.1) is 10.6 Å². The van der Waals surface area contributed by atoms with Gasteiger partial charge in [-0.1, -0.05) is 30.3 Å². The summed E-state index contributed by atoms with van der Waals surface area (Å²) in [5.74, 6) is 0. The van der Waals surface area contributed by atoms with E-state index < -0.39 is 16.1 Å². The minimum atomic E-state index is -3.87. The van der Waals surface area contributed by atoms with Crippen molar-refractivity contribution in [2.45, 2.75) is 9.79 Å². The lowest BCUT2D eigenvalue weighted by atomic mass is 10.3. The fraction of sp³-hybridized carbons (Fsp3) is 0.0714. The van der Waals surface area contributed by atoms with Gasteiger partial charge in [-0.15, -0.1) is 11.8 Å². The van der Waals surface area contributed by atoms with E-state index in [1.165, 1.54) is 23.9 Å². The van der Waals surface area contributed by atoms with Crippen LogP contribution in [0.4, 0.5) is 10.5 Å². The maximum absolute atomic E-state index is 12.0. The molecule has 0 radical (unpaired) electrons. The first kappa shape index (κ1) is 15.4. The van der Waals surface area contributed by atoms with Crippen LogP contribution in [0.3, 0.4) is 0 Å². The van der Waals surface area contributed by atoms with Crippen molar-refractivity contribution in [2.75, 3.05) is 11.6 Å². The molecule has 2 aromatic rings. The van der Waals surface area contributed by atoms with Crippen LogP contribution in [0, 0.1) is 0 Å². The largest absolute Gasteiger partial charge is 0.333 e. The van der Waals surface area contributed by atoms with E-state index in [1.807, 2.05) is 23.1 Å². The number of urea groups is 1. The standard InChI is InChI=1S/C14H14N2O3S2/c1-20-13-10-6-5-9-12(13)15-14(17)16-21(18,19)11-7-3-2-4-8-11/h2-10H,1H3,(H2,15,16,17). The third-order valence-electron chi connectivity index (χ3n) is 2.64. The van der Waals surface area contributed by atoms with Crippen LogP contribution in [0.25, 0.3) is 0 Å². The summed E-state index contributed by atoms with van der Waals surface area (Å²) in [4.78, 5) is 12.8. The molecule has 5 nitrogen and oxygen atoms in total. The molecule has 0 aliphatic carbocycles. The van der Waals surface area contributed by atoms with Gasteiger partial charge in [0.2, 0.25) is 0 Å². The van der Waals surface area contributed by atoms with E-state index in [2.05, 4.69) is 5.32 Å². The molecule has 0 aromatic heterocycles.